The average Bonchev–Trinajstić information content (AvgIpc) is 3.40. The summed E-state index contributed by atoms with van der Waals surface area (Å²) in [5.74, 6) is 3.18. The maximum atomic E-state index is 6.59. The second kappa shape index (κ2) is 10.1. The average molecular weight is 560 g/mol. The number of anilines is 3. The van der Waals surface area contributed by atoms with Crippen LogP contribution in [0.15, 0.2) is 146 Å². The zero-order valence-corrected chi connectivity index (χ0v) is 23.7. The minimum atomic E-state index is -0.697. The highest BCUT2D eigenvalue weighted by atomic mass is 16.5. The van der Waals surface area contributed by atoms with Crippen molar-refractivity contribution in [2.45, 2.75) is 5.41 Å². The predicted octanol–water partition coefficient (Wildman–Crippen LogP) is 8.91. The fourth-order valence-electron chi connectivity index (χ4n) is 6.56. The Bertz CT molecular complexity index is 1910. The molecule has 5 aromatic carbocycles. The molecule has 0 radical (unpaired) electrons. The van der Waals surface area contributed by atoms with Gasteiger partial charge in [0, 0.05) is 36.1 Å². The van der Waals surface area contributed by atoms with Gasteiger partial charge in [0.15, 0.2) is 0 Å². The number of ether oxygens (including phenoxy) is 2. The van der Waals surface area contributed by atoms with Crippen molar-refractivity contribution in [2.75, 3.05) is 23.5 Å². The molecule has 0 unspecified atom stereocenters. The second-order valence-electron chi connectivity index (χ2n) is 10.9. The Morgan fingerprint density at radius 1 is 0.651 bits per heavy atom. The topological polar surface area (TPSA) is 37.8 Å². The summed E-state index contributed by atoms with van der Waals surface area (Å²) < 4.78 is 13.0. The van der Waals surface area contributed by atoms with Crippen LogP contribution in [0.4, 0.5) is 17.1 Å². The predicted molar refractivity (Wildman–Crippen MR) is 171 cm³/mol. The lowest BCUT2D eigenvalue weighted by Crippen LogP contribution is -2.35. The molecule has 208 valence electrons. The molecule has 0 atom stereocenters. The third-order valence-corrected chi connectivity index (χ3v) is 8.42. The van der Waals surface area contributed by atoms with Crippen molar-refractivity contribution in [3.05, 3.63) is 168 Å². The summed E-state index contributed by atoms with van der Waals surface area (Å²) in [6, 6.07) is 47.8. The van der Waals surface area contributed by atoms with Gasteiger partial charge in [0.1, 0.15) is 23.0 Å². The lowest BCUT2D eigenvalue weighted by molar-refractivity contribution is 0.431. The van der Waals surface area contributed by atoms with Gasteiger partial charge in [-0.3, -0.25) is 4.98 Å². The van der Waals surface area contributed by atoms with E-state index in [1.54, 1.807) is 0 Å². The first kappa shape index (κ1) is 25.2. The van der Waals surface area contributed by atoms with Crippen molar-refractivity contribution in [1.82, 2.24) is 4.98 Å². The Balaban J connectivity index is 1.23. The summed E-state index contributed by atoms with van der Waals surface area (Å²) in [6.45, 7) is 0.784. The van der Waals surface area contributed by atoms with Gasteiger partial charge in [-0.15, -0.1) is 0 Å². The molecule has 0 bridgehead atoms. The van der Waals surface area contributed by atoms with Crippen LogP contribution in [-0.4, -0.2) is 18.7 Å². The van der Waals surface area contributed by atoms with Crippen LogP contribution in [0.3, 0.4) is 0 Å². The summed E-state index contributed by atoms with van der Waals surface area (Å²) in [4.78, 5) is 9.50. The Morgan fingerprint density at radius 3 is 2.05 bits per heavy atom. The number of hydrogen-bond donors (Lipinski definition) is 0. The molecule has 8 rings (SSSR count). The number of nitrogens with zero attached hydrogens (tertiary/aromatic N) is 3. The maximum Gasteiger partial charge on any atom is 0.132 e. The summed E-state index contributed by atoms with van der Waals surface area (Å²) in [5, 5.41) is 0. The van der Waals surface area contributed by atoms with Crippen molar-refractivity contribution in [1.29, 1.82) is 0 Å². The first-order valence-corrected chi connectivity index (χ1v) is 14.5. The molecular weight excluding hydrogens is 530 g/mol. The molecule has 0 N–H and O–H groups in total. The molecule has 0 amide bonds. The molecular formula is C38H29N3O2. The van der Waals surface area contributed by atoms with Crippen LogP contribution < -0.4 is 19.3 Å². The molecule has 0 saturated carbocycles. The van der Waals surface area contributed by atoms with Gasteiger partial charge in [-0.2, -0.15) is 0 Å². The third-order valence-electron chi connectivity index (χ3n) is 8.42. The van der Waals surface area contributed by atoms with E-state index in [9.17, 15) is 0 Å². The van der Waals surface area contributed by atoms with Gasteiger partial charge in [0.2, 0.25) is 0 Å². The zero-order valence-electron chi connectivity index (χ0n) is 23.7. The van der Waals surface area contributed by atoms with E-state index in [1.807, 2.05) is 54.7 Å². The van der Waals surface area contributed by atoms with Crippen LogP contribution >= 0.6 is 0 Å². The Labute approximate surface area is 251 Å². The number of benzene rings is 5. The number of fused-ring (bicyclic) bond motifs is 3. The van der Waals surface area contributed by atoms with Crippen LogP contribution in [0, 0.1) is 0 Å². The summed E-state index contributed by atoms with van der Waals surface area (Å²) in [6.07, 6.45) is 1.86. The fraction of sp³-hybridized carbons (Fsp3) is 0.0789. The van der Waals surface area contributed by atoms with Gasteiger partial charge < -0.3 is 19.3 Å². The largest absolute Gasteiger partial charge is 0.457 e. The van der Waals surface area contributed by atoms with Crippen LogP contribution in [0.25, 0.3) is 0 Å². The zero-order chi connectivity index (χ0) is 28.8. The van der Waals surface area contributed by atoms with Gasteiger partial charge in [0.25, 0.3) is 0 Å². The molecule has 3 heterocycles. The Morgan fingerprint density at radius 2 is 1.30 bits per heavy atom. The molecule has 2 aliphatic rings. The van der Waals surface area contributed by atoms with E-state index < -0.39 is 5.41 Å². The normalized spacial score (nSPS) is 14.3. The minimum Gasteiger partial charge on any atom is -0.457 e. The number of aromatic nitrogens is 1. The molecule has 1 aromatic heterocycles. The standard InChI is InChI=1S/C38H29N3O2/c1-40-26-41(34-19-5-4-18-33(34)40)28-13-11-15-30(25-28)42-29-14-10-12-27(24-29)38(37-22-8-9-23-39-37)31-16-2-6-20-35(31)43-36-21-7-3-17-32(36)38/h2-25H,26H2,1H3. The van der Waals surface area contributed by atoms with E-state index in [1.165, 1.54) is 11.4 Å². The van der Waals surface area contributed by atoms with E-state index >= 15 is 0 Å². The molecule has 5 heteroatoms. The van der Waals surface area contributed by atoms with E-state index in [4.69, 9.17) is 14.5 Å². The SMILES string of the molecule is CN1CN(c2cccc(Oc3cccc(C4(c5ccccn5)c5ccccc5Oc5ccccc54)c3)c2)c2ccccc21. The van der Waals surface area contributed by atoms with Crippen LogP contribution in [0.1, 0.15) is 22.4 Å². The van der Waals surface area contributed by atoms with Crippen molar-refractivity contribution in [3.63, 3.8) is 0 Å². The van der Waals surface area contributed by atoms with Gasteiger partial charge in [0.05, 0.1) is 29.2 Å². The van der Waals surface area contributed by atoms with E-state index in [0.717, 1.165) is 57.7 Å². The van der Waals surface area contributed by atoms with Crippen molar-refractivity contribution in [2.24, 2.45) is 0 Å². The first-order chi connectivity index (χ1) is 21.2. The van der Waals surface area contributed by atoms with Crippen LogP contribution in [-0.2, 0) is 5.41 Å². The fourth-order valence-corrected chi connectivity index (χ4v) is 6.56. The summed E-state index contributed by atoms with van der Waals surface area (Å²) in [5.41, 5.74) is 6.87. The lowest BCUT2D eigenvalue weighted by Gasteiger charge is -2.40. The van der Waals surface area contributed by atoms with Gasteiger partial charge in [-0.05, 0) is 66.2 Å². The first-order valence-electron chi connectivity index (χ1n) is 14.5. The second-order valence-corrected chi connectivity index (χ2v) is 10.9. The third kappa shape index (κ3) is 4.04. The molecule has 0 aliphatic carbocycles. The summed E-state index contributed by atoms with van der Waals surface area (Å²) >= 11 is 0. The summed E-state index contributed by atoms with van der Waals surface area (Å²) in [7, 11) is 2.12. The molecule has 0 fully saturated rings. The number of rotatable bonds is 5. The van der Waals surface area contributed by atoms with Gasteiger partial charge >= 0.3 is 0 Å². The van der Waals surface area contributed by atoms with E-state index in [-0.39, 0.29) is 0 Å². The quantitative estimate of drug-likeness (QED) is 0.211. The van der Waals surface area contributed by atoms with Gasteiger partial charge in [-0.25, -0.2) is 0 Å². The lowest BCUT2D eigenvalue weighted by atomic mass is 9.65. The molecule has 6 aromatic rings. The Hall–Kier alpha value is -5.55. The number of pyridine rings is 1. The monoisotopic (exact) mass is 559 g/mol. The number of para-hydroxylation sites is 4. The van der Waals surface area contributed by atoms with E-state index in [0.29, 0.717) is 0 Å². The highest BCUT2D eigenvalue weighted by molar-refractivity contribution is 5.82. The molecule has 2 aliphatic heterocycles. The van der Waals surface area contributed by atoms with Gasteiger partial charge in [-0.1, -0.05) is 72.8 Å². The van der Waals surface area contributed by atoms with E-state index in [2.05, 4.69) is 108 Å². The van der Waals surface area contributed by atoms with Crippen molar-refractivity contribution < 1.29 is 9.47 Å². The Kier molecular flexibility index (Phi) is 5.90. The van der Waals surface area contributed by atoms with Crippen LogP contribution in [0.5, 0.6) is 23.0 Å². The number of hydrogen-bond acceptors (Lipinski definition) is 5. The molecule has 0 spiro atoms. The molecule has 0 saturated heterocycles. The van der Waals surface area contributed by atoms with Crippen LogP contribution in [0.2, 0.25) is 0 Å². The van der Waals surface area contributed by atoms with Crippen molar-refractivity contribution >= 4 is 17.1 Å². The minimum absolute atomic E-state index is 0.697. The highest BCUT2D eigenvalue weighted by Gasteiger charge is 2.46. The smallest absolute Gasteiger partial charge is 0.132 e. The highest BCUT2D eigenvalue weighted by Crippen LogP contribution is 2.55. The molecule has 5 nitrogen and oxygen atoms in total. The molecule has 43 heavy (non-hydrogen) atoms. The maximum absolute atomic E-state index is 6.59. The van der Waals surface area contributed by atoms with Crippen molar-refractivity contribution in [3.8, 4) is 23.0 Å².